The lowest BCUT2D eigenvalue weighted by Crippen LogP contribution is -1.91. The summed E-state index contributed by atoms with van der Waals surface area (Å²) in [7, 11) is 1.60. The Morgan fingerprint density at radius 1 is 0.909 bits per heavy atom. The topological polar surface area (TPSA) is 9.23 Å². The molecule has 0 N–H and O–H groups in total. The van der Waals surface area contributed by atoms with E-state index in [9.17, 15) is 8.78 Å². The molecular formula is C17H14Cl2F2O. The normalized spacial score (nSPS) is 22.6. The fraction of sp³-hybridized carbons (Fsp3) is 0.294. The van der Waals surface area contributed by atoms with Gasteiger partial charge in [0.1, 0.15) is 10.1 Å². The molecule has 2 atom stereocenters. The van der Waals surface area contributed by atoms with Gasteiger partial charge in [0.25, 0.3) is 6.43 Å². The Balaban J connectivity index is 1.85. The first-order chi connectivity index (χ1) is 10.4. The van der Waals surface area contributed by atoms with Crippen molar-refractivity contribution in [3.05, 3.63) is 65.2 Å². The van der Waals surface area contributed by atoms with Gasteiger partial charge < -0.3 is 4.74 Å². The van der Waals surface area contributed by atoms with E-state index in [1.165, 1.54) is 12.1 Å². The summed E-state index contributed by atoms with van der Waals surface area (Å²) in [6.45, 7) is 0. The highest BCUT2D eigenvalue weighted by molar-refractivity contribution is 6.52. The molecule has 2 aromatic rings. The van der Waals surface area contributed by atoms with E-state index in [0.29, 0.717) is 0 Å². The Morgan fingerprint density at radius 3 is 1.77 bits per heavy atom. The Morgan fingerprint density at radius 2 is 1.36 bits per heavy atom. The number of hydrogen-bond acceptors (Lipinski definition) is 1. The van der Waals surface area contributed by atoms with Gasteiger partial charge in [-0.1, -0.05) is 36.4 Å². The van der Waals surface area contributed by atoms with Gasteiger partial charge in [0.15, 0.2) is 0 Å². The van der Waals surface area contributed by atoms with E-state index >= 15 is 0 Å². The van der Waals surface area contributed by atoms with Gasteiger partial charge in [-0.05, 0) is 23.3 Å². The van der Waals surface area contributed by atoms with Gasteiger partial charge in [0.2, 0.25) is 0 Å². The van der Waals surface area contributed by atoms with Crippen molar-refractivity contribution in [2.45, 2.75) is 22.6 Å². The van der Waals surface area contributed by atoms with Crippen molar-refractivity contribution in [3.63, 3.8) is 0 Å². The number of halogens is 4. The minimum absolute atomic E-state index is 0.000132. The third-order valence-corrected chi connectivity index (χ3v) is 5.02. The highest BCUT2D eigenvalue weighted by Gasteiger charge is 2.64. The molecule has 1 saturated carbocycles. The van der Waals surface area contributed by atoms with Crippen molar-refractivity contribution in [1.29, 1.82) is 0 Å². The maximum Gasteiger partial charge on any atom is 0.263 e. The molecule has 0 amide bonds. The molecule has 1 aliphatic carbocycles. The van der Waals surface area contributed by atoms with Gasteiger partial charge in [-0.25, -0.2) is 8.78 Å². The average Bonchev–Trinajstić information content (AvgIpc) is 3.10. The molecule has 1 aliphatic rings. The van der Waals surface area contributed by atoms with Crippen molar-refractivity contribution >= 4 is 23.2 Å². The van der Waals surface area contributed by atoms with Crippen molar-refractivity contribution in [1.82, 2.24) is 0 Å². The molecular weight excluding hydrogens is 329 g/mol. The maximum absolute atomic E-state index is 12.6. The molecule has 116 valence electrons. The molecule has 1 nitrogen and oxygen atoms in total. The van der Waals surface area contributed by atoms with Gasteiger partial charge in [-0.15, -0.1) is 23.2 Å². The summed E-state index contributed by atoms with van der Waals surface area (Å²) in [6, 6.07) is 13.8. The third-order valence-electron chi connectivity index (χ3n) is 4.08. The molecule has 0 aliphatic heterocycles. The predicted octanol–water partition coefficient (Wildman–Crippen LogP) is 5.69. The minimum Gasteiger partial charge on any atom is -0.497 e. The summed E-state index contributed by atoms with van der Waals surface area (Å²) in [5.41, 5.74) is 1.88. The molecule has 0 saturated heterocycles. The SMILES string of the molecule is COc1ccc(C2C(c3ccc(C(F)F)cc3)C2(Cl)Cl)cc1. The monoisotopic (exact) mass is 342 g/mol. The summed E-state index contributed by atoms with van der Waals surface area (Å²) in [5.74, 6) is 0.604. The van der Waals surface area contributed by atoms with Crippen molar-refractivity contribution in [2.75, 3.05) is 7.11 Å². The first kappa shape index (κ1) is 15.6. The number of ether oxygens (including phenoxy) is 1. The summed E-state index contributed by atoms with van der Waals surface area (Å²) >= 11 is 12.8. The fourth-order valence-corrected chi connectivity index (χ4v) is 3.70. The van der Waals surface area contributed by atoms with Gasteiger partial charge in [-0.2, -0.15) is 0 Å². The standard InChI is InChI=1S/C17H14Cl2F2O/c1-22-13-8-6-11(7-9-13)15-14(17(15,18)19)10-2-4-12(5-3-10)16(20)21/h2-9,14-16H,1H3. The molecule has 3 rings (SSSR count). The zero-order valence-corrected chi connectivity index (χ0v) is 13.3. The smallest absolute Gasteiger partial charge is 0.263 e. The van der Waals surface area contributed by atoms with Crippen LogP contribution in [-0.4, -0.2) is 11.4 Å². The van der Waals surface area contributed by atoms with Gasteiger partial charge in [-0.3, -0.25) is 0 Å². The van der Waals surface area contributed by atoms with Crippen LogP contribution in [0.1, 0.15) is 35.0 Å². The van der Waals surface area contributed by atoms with Crippen LogP contribution in [0.25, 0.3) is 0 Å². The van der Waals surface area contributed by atoms with Crippen LogP contribution < -0.4 is 4.74 Å². The lowest BCUT2D eigenvalue weighted by atomic mass is 10.0. The summed E-state index contributed by atoms with van der Waals surface area (Å²) in [5, 5.41) is 0. The molecule has 2 aromatic carbocycles. The van der Waals surface area contributed by atoms with Crippen LogP contribution in [0.2, 0.25) is 0 Å². The number of methoxy groups -OCH3 is 1. The molecule has 0 radical (unpaired) electrons. The van der Waals surface area contributed by atoms with E-state index in [4.69, 9.17) is 27.9 Å². The van der Waals surface area contributed by atoms with E-state index in [0.717, 1.165) is 16.9 Å². The van der Waals surface area contributed by atoms with Crippen LogP contribution in [0, 0.1) is 0 Å². The highest BCUT2D eigenvalue weighted by Crippen LogP contribution is 2.70. The molecule has 0 aromatic heterocycles. The largest absolute Gasteiger partial charge is 0.497 e. The van der Waals surface area contributed by atoms with Crippen LogP contribution in [-0.2, 0) is 0 Å². The van der Waals surface area contributed by atoms with Gasteiger partial charge >= 0.3 is 0 Å². The second-order valence-electron chi connectivity index (χ2n) is 5.37. The lowest BCUT2D eigenvalue weighted by molar-refractivity contribution is 0.151. The fourth-order valence-electron chi connectivity index (χ4n) is 2.82. The number of alkyl halides is 4. The zero-order valence-electron chi connectivity index (χ0n) is 11.8. The molecule has 0 bridgehead atoms. The van der Waals surface area contributed by atoms with Crippen LogP contribution >= 0.6 is 23.2 Å². The first-order valence-corrected chi connectivity index (χ1v) is 7.60. The van der Waals surface area contributed by atoms with Crippen molar-refractivity contribution < 1.29 is 13.5 Å². The number of hydrogen-bond donors (Lipinski definition) is 0. The second kappa shape index (κ2) is 5.71. The van der Waals surface area contributed by atoms with Crippen LogP contribution in [0.4, 0.5) is 8.78 Å². The number of benzene rings is 2. The Bertz CT molecular complexity index is 653. The van der Waals surface area contributed by atoms with Crippen molar-refractivity contribution in [2.24, 2.45) is 0 Å². The summed E-state index contributed by atoms with van der Waals surface area (Å²) in [6.07, 6.45) is -2.47. The zero-order chi connectivity index (χ0) is 15.9. The van der Waals surface area contributed by atoms with Crippen LogP contribution in [0.15, 0.2) is 48.5 Å². The Kier molecular flexibility index (Phi) is 4.04. The average molecular weight is 343 g/mol. The maximum atomic E-state index is 12.6. The first-order valence-electron chi connectivity index (χ1n) is 6.85. The van der Waals surface area contributed by atoms with E-state index in [2.05, 4.69) is 0 Å². The molecule has 2 unspecified atom stereocenters. The van der Waals surface area contributed by atoms with Crippen molar-refractivity contribution in [3.8, 4) is 5.75 Å². The van der Waals surface area contributed by atoms with E-state index in [1.54, 1.807) is 19.2 Å². The third kappa shape index (κ3) is 2.68. The second-order valence-corrected chi connectivity index (χ2v) is 6.81. The Hall–Kier alpha value is -1.32. The lowest BCUT2D eigenvalue weighted by Gasteiger charge is -2.04. The summed E-state index contributed by atoms with van der Waals surface area (Å²) in [4.78, 5) is 0. The predicted molar refractivity (Wildman–Crippen MR) is 84.3 cm³/mol. The Labute approximate surface area is 137 Å². The molecule has 1 fully saturated rings. The molecule has 0 spiro atoms. The molecule has 5 heteroatoms. The van der Waals surface area contributed by atoms with Crippen LogP contribution in [0.5, 0.6) is 5.75 Å². The van der Waals surface area contributed by atoms with E-state index in [1.807, 2.05) is 24.3 Å². The number of rotatable bonds is 4. The summed E-state index contributed by atoms with van der Waals surface area (Å²) < 4.78 is 29.4. The van der Waals surface area contributed by atoms with Gasteiger partial charge in [0, 0.05) is 17.4 Å². The highest BCUT2D eigenvalue weighted by atomic mass is 35.5. The van der Waals surface area contributed by atoms with Gasteiger partial charge in [0.05, 0.1) is 7.11 Å². The van der Waals surface area contributed by atoms with E-state index < -0.39 is 10.8 Å². The van der Waals surface area contributed by atoms with E-state index in [-0.39, 0.29) is 17.4 Å². The molecule has 22 heavy (non-hydrogen) atoms. The minimum atomic E-state index is -2.47. The van der Waals surface area contributed by atoms with Crippen LogP contribution in [0.3, 0.4) is 0 Å². The quantitative estimate of drug-likeness (QED) is 0.648. The molecule has 0 heterocycles.